The summed E-state index contributed by atoms with van der Waals surface area (Å²) in [6.45, 7) is 4.05. The first kappa shape index (κ1) is 27.4. The van der Waals surface area contributed by atoms with Crippen LogP contribution >= 0.6 is 15.9 Å². The molecule has 2 aromatic carbocycles. The van der Waals surface area contributed by atoms with Crippen molar-refractivity contribution in [2.24, 2.45) is 0 Å². The minimum atomic E-state index is 0.000233. The van der Waals surface area contributed by atoms with Gasteiger partial charge in [0.15, 0.2) is 0 Å². The molecule has 1 N–H and O–H groups in total. The van der Waals surface area contributed by atoms with Gasteiger partial charge < -0.3 is 9.88 Å². The summed E-state index contributed by atoms with van der Waals surface area (Å²) in [4.78, 5) is 17.2. The van der Waals surface area contributed by atoms with Gasteiger partial charge >= 0.3 is 0 Å². The van der Waals surface area contributed by atoms with Crippen LogP contribution < -0.4 is 5.32 Å². The van der Waals surface area contributed by atoms with E-state index in [1.54, 1.807) is 0 Å². The number of para-hydroxylation sites is 2. The van der Waals surface area contributed by atoms with Gasteiger partial charge in [-0.15, -0.1) is 0 Å². The third-order valence-corrected chi connectivity index (χ3v) is 7.22. The van der Waals surface area contributed by atoms with Crippen LogP contribution in [0.25, 0.3) is 11.0 Å². The van der Waals surface area contributed by atoms with Crippen LogP contribution in [0.15, 0.2) is 53.0 Å². The van der Waals surface area contributed by atoms with E-state index in [9.17, 15) is 4.79 Å². The lowest BCUT2D eigenvalue weighted by atomic mass is 10.1. The van der Waals surface area contributed by atoms with E-state index in [1.807, 2.05) is 24.3 Å². The number of imidazole rings is 1. The van der Waals surface area contributed by atoms with E-state index >= 15 is 0 Å². The molecule has 1 aromatic heterocycles. The second-order valence-corrected chi connectivity index (χ2v) is 10.5. The highest BCUT2D eigenvalue weighted by Gasteiger charge is 2.10. The van der Waals surface area contributed by atoms with Crippen LogP contribution in [0.5, 0.6) is 0 Å². The van der Waals surface area contributed by atoms with Crippen LogP contribution in [0, 0.1) is 0 Å². The summed E-state index contributed by atoms with van der Waals surface area (Å²) >= 11 is 3.41. The molecule has 0 saturated heterocycles. The predicted octanol–water partition coefficient (Wildman–Crippen LogP) is 8.47. The summed E-state index contributed by atoms with van der Waals surface area (Å²) in [5.74, 6) is 1.21. The van der Waals surface area contributed by atoms with Crippen LogP contribution in [-0.2, 0) is 13.0 Å². The third kappa shape index (κ3) is 9.44. The molecule has 0 radical (unpaired) electrons. The van der Waals surface area contributed by atoms with E-state index in [4.69, 9.17) is 4.98 Å². The van der Waals surface area contributed by atoms with E-state index < -0.39 is 0 Å². The van der Waals surface area contributed by atoms with Gasteiger partial charge in [-0.25, -0.2) is 4.98 Å². The number of rotatable bonds is 17. The fraction of sp³-hybridized carbons (Fsp3) is 0.533. The Morgan fingerprint density at radius 2 is 1.49 bits per heavy atom. The Morgan fingerprint density at radius 3 is 2.23 bits per heavy atom. The second kappa shape index (κ2) is 15.8. The van der Waals surface area contributed by atoms with Crippen LogP contribution in [-0.4, -0.2) is 22.0 Å². The zero-order chi connectivity index (χ0) is 24.7. The molecule has 0 spiro atoms. The summed E-state index contributed by atoms with van der Waals surface area (Å²) in [5.41, 5.74) is 3.09. The Kier molecular flexibility index (Phi) is 12.4. The molecule has 1 amide bonds. The van der Waals surface area contributed by atoms with E-state index in [-0.39, 0.29) is 5.91 Å². The molecular weight excluding hydrogens is 498 g/mol. The maximum atomic E-state index is 12.2. The van der Waals surface area contributed by atoms with Gasteiger partial charge in [-0.05, 0) is 55.7 Å². The Labute approximate surface area is 220 Å². The van der Waals surface area contributed by atoms with Gasteiger partial charge in [0, 0.05) is 29.5 Å². The van der Waals surface area contributed by atoms with E-state index in [0.29, 0.717) is 12.1 Å². The number of hydrogen-bond donors (Lipinski definition) is 1. The molecule has 0 fully saturated rings. The predicted molar refractivity (Wildman–Crippen MR) is 151 cm³/mol. The highest BCUT2D eigenvalue weighted by molar-refractivity contribution is 9.10. The number of nitrogens with zero attached hydrogens (tertiary/aromatic N) is 2. The number of fused-ring (bicyclic) bond motifs is 1. The SMILES string of the molecule is CCCCCCCCCCCn1c(CCCCCNC(=O)c2ccc(Br)cc2)nc2ccccc21. The number of aromatic nitrogens is 2. The van der Waals surface area contributed by atoms with Crippen molar-refractivity contribution in [3.05, 3.63) is 64.4 Å². The lowest BCUT2D eigenvalue weighted by Crippen LogP contribution is -2.24. The first-order valence-electron chi connectivity index (χ1n) is 13.7. The van der Waals surface area contributed by atoms with Gasteiger partial charge in [0.1, 0.15) is 5.82 Å². The van der Waals surface area contributed by atoms with Crippen LogP contribution in [0.2, 0.25) is 0 Å². The molecule has 0 atom stereocenters. The van der Waals surface area contributed by atoms with Crippen molar-refractivity contribution in [3.8, 4) is 0 Å². The molecule has 0 saturated carbocycles. The molecular formula is C30H42BrN3O. The average molecular weight is 541 g/mol. The number of carbonyl (C=O) groups excluding carboxylic acids is 1. The van der Waals surface area contributed by atoms with Gasteiger partial charge in [0.2, 0.25) is 0 Å². The number of carbonyl (C=O) groups is 1. The standard InChI is InChI=1S/C30H42BrN3O/c1-2-3-4-5-6-7-8-9-15-24-34-28-17-13-12-16-27(28)33-29(34)18-11-10-14-23-32-30(35)25-19-21-26(31)22-20-25/h12-13,16-17,19-22H,2-11,14-15,18,23-24H2,1H3,(H,32,35). The molecule has 3 aromatic rings. The van der Waals surface area contributed by atoms with Gasteiger partial charge in [-0.2, -0.15) is 0 Å². The molecule has 0 unspecified atom stereocenters. The number of unbranched alkanes of at least 4 members (excludes halogenated alkanes) is 10. The minimum Gasteiger partial charge on any atom is -0.352 e. The number of halogens is 1. The molecule has 3 rings (SSSR count). The van der Waals surface area contributed by atoms with Gasteiger partial charge in [-0.3, -0.25) is 4.79 Å². The van der Waals surface area contributed by atoms with Gasteiger partial charge in [0.05, 0.1) is 11.0 Å². The molecule has 1 heterocycles. The second-order valence-electron chi connectivity index (χ2n) is 9.57. The Hall–Kier alpha value is -2.14. The van der Waals surface area contributed by atoms with Crippen molar-refractivity contribution in [1.29, 1.82) is 0 Å². The minimum absolute atomic E-state index is 0.000233. The Bertz CT molecular complexity index is 1010. The number of aryl methyl sites for hydroxylation is 2. The Balaban J connectivity index is 1.37. The molecule has 190 valence electrons. The van der Waals surface area contributed by atoms with Crippen molar-refractivity contribution in [3.63, 3.8) is 0 Å². The third-order valence-electron chi connectivity index (χ3n) is 6.69. The van der Waals surface area contributed by atoms with Crippen molar-refractivity contribution >= 4 is 32.9 Å². The van der Waals surface area contributed by atoms with Crippen LogP contribution in [0.4, 0.5) is 0 Å². The topological polar surface area (TPSA) is 46.9 Å². The van der Waals surface area contributed by atoms with E-state index in [0.717, 1.165) is 42.2 Å². The summed E-state index contributed by atoms with van der Waals surface area (Å²) in [6, 6.07) is 16.0. The maximum Gasteiger partial charge on any atom is 0.251 e. The first-order valence-corrected chi connectivity index (χ1v) is 14.5. The maximum absolute atomic E-state index is 12.2. The number of amides is 1. The smallest absolute Gasteiger partial charge is 0.251 e. The number of hydrogen-bond acceptors (Lipinski definition) is 2. The van der Waals surface area contributed by atoms with Crippen LogP contribution in [0.3, 0.4) is 0 Å². The van der Waals surface area contributed by atoms with Crippen LogP contribution in [0.1, 0.15) is 100 Å². The number of nitrogens with one attached hydrogen (secondary N) is 1. The van der Waals surface area contributed by atoms with Gasteiger partial charge in [-0.1, -0.05) is 92.8 Å². The first-order chi connectivity index (χ1) is 17.2. The van der Waals surface area contributed by atoms with E-state index in [1.165, 1.54) is 69.1 Å². The van der Waals surface area contributed by atoms with Crippen molar-refractivity contribution < 1.29 is 4.79 Å². The highest BCUT2D eigenvalue weighted by Crippen LogP contribution is 2.19. The molecule has 0 aliphatic heterocycles. The quantitative estimate of drug-likeness (QED) is 0.175. The molecule has 0 bridgehead atoms. The molecule has 4 nitrogen and oxygen atoms in total. The zero-order valence-electron chi connectivity index (χ0n) is 21.4. The molecule has 0 aliphatic carbocycles. The van der Waals surface area contributed by atoms with E-state index in [2.05, 4.69) is 57.0 Å². The summed E-state index contributed by atoms with van der Waals surface area (Å²) in [5, 5.41) is 3.03. The van der Waals surface area contributed by atoms with Crippen molar-refractivity contribution in [1.82, 2.24) is 14.9 Å². The van der Waals surface area contributed by atoms with Crippen molar-refractivity contribution in [2.45, 2.75) is 96.9 Å². The molecule has 0 aliphatic rings. The van der Waals surface area contributed by atoms with Gasteiger partial charge in [0.25, 0.3) is 5.91 Å². The average Bonchev–Trinajstić information content (AvgIpc) is 3.22. The largest absolute Gasteiger partial charge is 0.352 e. The number of benzene rings is 2. The zero-order valence-corrected chi connectivity index (χ0v) is 23.0. The fourth-order valence-corrected chi connectivity index (χ4v) is 4.90. The summed E-state index contributed by atoms with van der Waals surface area (Å²) < 4.78 is 3.43. The molecule has 35 heavy (non-hydrogen) atoms. The summed E-state index contributed by atoms with van der Waals surface area (Å²) in [7, 11) is 0. The highest BCUT2D eigenvalue weighted by atomic mass is 79.9. The lowest BCUT2D eigenvalue weighted by molar-refractivity contribution is 0.0953. The lowest BCUT2D eigenvalue weighted by Gasteiger charge is -2.10. The fourth-order valence-electron chi connectivity index (χ4n) is 4.64. The Morgan fingerprint density at radius 1 is 0.829 bits per heavy atom. The monoisotopic (exact) mass is 539 g/mol. The normalized spacial score (nSPS) is 11.3. The van der Waals surface area contributed by atoms with Crippen molar-refractivity contribution in [2.75, 3.05) is 6.54 Å². The summed E-state index contributed by atoms with van der Waals surface area (Å²) in [6.07, 6.45) is 16.3. The molecule has 5 heteroatoms.